The second-order valence-corrected chi connectivity index (χ2v) is 3.56. The van der Waals surface area contributed by atoms with Crippen LogP contribution in [0.1, 0.15) is 19.8 Å². The Balaban J connectivity index is 2.00. The predicted molar refractivity (Wildman–Crippen MR) is 40.7 cm³/mol. The van der Waals surface area contributed by atoms with E-state index < -0.39 is 0 Å². The molecular weight excluding hydrogens is 124 g/mol. The largest absolute Gasteiger partial charge is 0.370 e. The minimum absolute atomic E-state index is 0.596. The molecule has 0 bridgehead atoms. The van der Waals surface area contributed by atoms with E-state index in [1.807, 2.05) is 0 Å². The van der Waals surface area contributed by atoms with Crippen molar-refractivity contribution in [2.75, 3.05) is 0 Å². The lowest BCUT2D eigenvalue weighted by Crippen LogP contribution is -2.20. The fourth-order valence-corrected chi connectivity index (χ4v) is 1.96. The first-order chi connectivity index (χ1) is 4.81. The second kappa shape index (κ2) is 2.09. The van der Waals surface area contributed by atoms with E-state index in [1.54, 1.807) is 0 Å². The van der Waals surface area contributed by atoms with Gasteiger partial charge < -0.3 is 4.74 Å². The molecule has 0 aromatic heterocycles. The lowest BCUT2D eigenvalue weighted by molar-refractivity contribution is 0.341. The van der Waals surface area contributed by atoms with Crippen molar-refractivity contribution in [2.45, 2.75) is 32.0 Å². The van der Waals surface area contributed by atoms with Crippen molar-refractivity contribution in [3.63, 3.8) is 0 Å². The molecule has 1 saturated heterocycles. The highest BCUT2D eigenvalue weighted by molar-refractivity contribution is 4.99. The Kier molecular flexibility index (Phi) is 1.34. The summed E-state index contributed by atoms with van der Waals surface area (Å²) in [6.07, 6.45) is 5.77. The molecular formula is C9H14O. The van der Waals surface area contributed by atoms with Gasteiger partial charge in [-0.1, -0.05) is 13.0 Å². The minimum Gasteiger partial charge on any atom is -0.370 e. The average Bonchev–Trinajstić information content (AvgIpc) is 2.64. The quantitative estimate of drug-likeness (QED) is 0.399. The Morgan fingerprint density at radius 1 is 1.40 bits per heavy atom. The summed E-state index contributed by atoms with van der Waals surface area (Å²) in [5.41, 5.74) is 0. The zero-order chi connectivity index (χ0) is 7.14. The third-order valence-electron chi connectivity index (χ3n) is 2.83. The number of epoxide rings is 1. The molecule has 1 nitrogen and oxygen atoms in total. The molecule has 4 unspecified atom stereocenters. The number of fused-ring (bicyclic) bond motifs is 1. The van der Waals surface area contributed by atoms with Crippen molar-refractivity contribution in [1.29, 1.82) is 0 Å². The van der Waals surface area contributed by atoms with Gasteiger partial charge in [0, 0.05) is 0 Å². The van der Waals surface area contributed by atoms with Crippen molar-refractivity contribution >= 4 is 0 Å². The van der Waals surface area contributed by atoms with E-state index in [0.29, 0.717) is 18.1 Å². The van der Waals surface area contributed by atoms with Crippen molar-refractivity contribution in [2.24, 2.45) is 11.8 Å². The lowest BCUT2D eigenvalue weighted by atomic mass is 9.81. The normalized spacial score (nSPS) is 51.7. The van der Waals surface area contributed by atoms with Gasteiger partial charge in [0.25, 0.3) is 0 Å². The van der Waals surface area contributed by atoms with E-state index in [9.17, 15) is 0 Å². The Morgan fingerprint density at radius 3 is 2.80 bits per heavy atom. The van der Waals surface area contributed by atoms with Gasteiger partial charge in [0.05, 0.1) is 12.2 Å². The molecule has 4 atom stereocenters. The number of allylic oxidation sites excluding steroid dienone is 1. The van der Waals surface area contributed by atoms with E-state index in [2.05, 4.69) is 19.6 Å². The molecule has 2 aliphatic rings. The smallest absolute Gasteiger partial charge is 0.0847 e. The van der Waals surface area contributed by atoms with Crippen LogP contribution in [0.2, 0.25) is 0 Å². The standard InChI is InChI=1S/C9H14O/c1-3-7-5-9-8(10-9)4-6(7)2/h3,6-9H,1,4-5H2,2H3. The van der Waals surface area contributed by atoms with Crippen LogP contribution < -0.4 is 0 Å². The lowest BCUT2D eigenvalue weighted by Gasteiger charge is -2.22. The van der Waals surface area contributed by atoms with E-state index in [4.69, 9.17) is 4.74 Å². The van der Waals surface area contributed by atoms with Crippen LogP contribution >= 0.6 is 0 Å². The molecule has 1 aliphatic heterocycles. The Morgan fingerprint density at radius 2 is 2.10 bits per heavy atom. The number of rotatable bonds is 1. The molecule has 2 rings (SSSR count). The predicted octanol–water partition coefficient (Wildman–Crippen LogP) is 1.99. The van der Waals surface area contributed by atoms with E-state index >= 15 is 0 Å². The molecule has 1 saturated carbocycles. The molecule has 1 heteroatoms. The van der Waals surface area contributed by atoms with E-state index in [1.165, 1.54) is 12.8 Å². The maximum Gasteiger partial charge on any atom is 0.0847 e. The van der Waals surface area contributed by atoms with Crippen LogP contribution in [0.3, 0.4) is 0 Å². The van der Waals surface area contributed by atoms with Crippen LogP contribution in [0.15, 0.2) is 12.7 Å². The summed E-state index contributed by atoms with van der Waals surface area (Å²) >= 11 is 0. The Bertz CT molecular complexity index is 153. The minimum atomic E-state index is 0.596. The summed E-state index contributed by atoms with van der Waals surface area (Å²) in [5, 5.41) is 0. The first-order valence-corrected chi connectivity index (χ1v) is 4.09. The van der Waals surface area contributed by atoms with Gasteiger partial charge >= 0.3 is 0 Å². The van der Waals surface area contributed by atoms with Crippen molar-refractivity contribution in [3.05, 3.63) is 12.7 Å². The summed E-state index contributed by atoms with van der Waals surface area (Å²) in [7, 11) is 0. The van der Waals surface area contributed by atoms with E-state index in [0.717, 1.165) is 5.92 Å². The van der Waals surface area contributed by atoms with Gasteiger partial charge in [0.1, 0.15) is 0 Å². The molecule has 0 aromatic carbocycles. The summed E-state index contributed by atoms with van der Waals surface area (Å²) < 4.78 is 5.43. The summed E-state index contributed by atoms with van der Waals surface area (Å²) in [5.74, 6) is 1.50. The highest BCUT2D eigenvalue weighted by Gasteiger charge is 2.45. The molecule has 0 amide bonds. The van der Waals surface area contributed by atoms with Gasteiger partial charge in [0.2, 0.25) is 0 Å². The third kappa shape index (κ3) is 0.891. The second-order valence-electron chi connectivity index (χ2n) is 3.56. The van der Waals surface area contributed by atoms with Gasteiger partial charge in [-0.3, -0.25) is 0 Å². The van der Waals surface area contributed by atoms with Crippen molar-refractivity contribution < 1.29 is 4.74 Å². The molecule has 1 heterocycles. The molecule has 0 radical (unpaired) electrons. The van der Waals surface area contributed by atoms with Crippen LogP contribution in [0.5, 0.6) is 0 Å². The topological polar surface area (TPSA) is 12.5 Å². The highest BCUT2D eigenvalue weighted by Crippen LogP contribution is 2.42. The van der Waals surface area contributed by atoms with Gasteiger partial charge in [-0.05, 0) is 24.7 Å². The number of hydrogen-bond acceptors (Lipinski definition) is 1. The third-order valence-corrected chi connectivity index (χ3v) is 2.83. The van der Waals surface area contributed by atoms with Crippen LogP contribution in [0.4, 0.5) is 0 Å². The fourth-order valence-electron chi connectivity index (χ4n) is 1.96. The Hall–Kier alpha value is -0.300. The van der Waals surface area contributed by atoms with Crippen LogP contribution in [-0.2, 0) is 4.74 Å². The van der Waals surface area contributed by atoms with Crippen LogP contribution in [0, 0.1) is 11.8 Å². The zero-order valence-corrected chi connectivity index (χ0v) is 6.42. The summed E-state index contributed by atoms with van der Waals surface area (Å²) in [6, 6.07) is 0. The molecule has 0 aromatic rings. The Labute approximate surface area is 62.1 Å². The number of ether oxygens (including phenoxy) is 1. The molecule has 2 fully saturated rings. The summed E-state index contributed by atoms with van der Waals surface area (Å²) in [4.78, 5) is 0. The maximum absolute atomic E-state index is 5.43. The maximum atomic E-state index is 5.43. The zero-order valence-electron chi connectivity index (χ0n) is 6.42. The monoisotopic (exact) mass is 138 g/mol. The first-order valence-electron chi connectivity index (χ1n) is 4.09. The molecule has 10 heavy (non-hydrogen) atoms. The first kappa shape index (κ1) is 6.41. The SMILES string of the molecule is C=CC1CC2OC2CC1C. The molecule has 0 spiro atoms. The fraction of sp³-hybridized carbons (Fsp3) is 0.778. The van der Waals surface area contributed by atoms with Crippen LogP contribution in [-0.4, -0.2) is 12.2 Å². The van der Waals surface area contributed by atoms with Crippen LogP contribution in [0.25, 0.3) is 0 Å². The van der Waals surface area contributed by atoms with Crippen molar-refractivity contribution in [3.8, 4) is 0 Å². The molecule has 1 aliphatic carbocycles. The van der Waals surface area contributed by atoms with Gasteiger partial charge in [-0.25, -0.2) is 0 Å². The van der Waals surface area contributed by atoms with Gasteiger partial charge in [-0.15, -0.1) is 6.58 Å². The molecule has 56 valence electrons. The van der Waals surface area contributed by atoms with Gasteiger partial charge in [-0.2, -0.15) is 0 Å². The summed E-state index contributed by atoms with van der Waals surface area (Å²) in [6.45, 7) is 6.13. The van der Waals surface area contributed by atoms with E-state index in [-0.39, 0.29) is 0 Å². The van der Waals surface area contributed by atoms with Crippen molar-refractivity contribution in [1.82, 2.24) is 0 Å². The average molecular weight is 138 g/mol. The highest BCUT2D eigenvalue weighted by atomic mass is 16.6. The number of hydrogen-bond donors (Lipinski definition) is 0. The van der Waals surface area contributed by atoms with Gasteiger partial charge in [0.15, 0.2) is 0 Å². The molecule has 0 N–H and O–H groups in total.